The molecule has 0 N–H and O–H groups in total. The van der Waals surface area contributed by atoms with Gasteiger partial charge in [-0.15, -0.1) is 11.3 Å². The summed E-state index contributed by atoms with van der Waals surface area (Å²) in [5, 5.41) is 5.24. The molecule has 1 nitrogen and oxygen atoms in total. The van der Waals surface area contributed by atoms with E-state index in [1.165, 1.54) is 64.2 Å². The molecule has 0 aliphatic heterocycles. The zero-order valence-corrected chi connectivity index (χ0v) is 19.3. The summed E-state index contributed by atoms with van der Waals surface area (Å²) in [5.41, 5.74) is 7.36. The summed E-state index contributed by atoms with van der Waals surface area (Å²) in [5.74, 6) is 0. The van der Waals surface area contributed by atoms with Crippen LogP contribution in [0.5, 0.6) is 0 Å². The molecule has 2 heteroatoms. The van der Waals surface area contributed by atoms with Crippen LogP contribution in [0.15, 0.2) is 116 Å². The second-order valence-electron chi connectivity index (χ2n) is 8.66. The average molecular weight is 452 g/mol. The van der Waals surface area contributed by atoms with Crippen LogP contribution in [0.25, 0.3) is 70.4 Å². The molecule has 0 fully saturated rings. The van der Waals surface area contributed by atoms with Crippen molar-refractivity contribution in [3.63, 3.8) is 0 Å². The Kier molecular flexibility index (Phi) is 4.23. The smallest absolute Gasteiger partial charge is 0.0541 e. The molecule has 0 atom stereocenters. The Hall–Kier alpha value is -4.14. The number of aromatic nitrogens is 1. The number of hydrogen-bond acceptors (Lipinski definition) is 1. The molecule has 0 aliphatic carbocycles. The van der Waals surface area contributed by atoms with Crippen LogP contribution in [0.3, 0.4) is 0 Å². The fourth-order valence-corrected chi connectivity index (χ4v) is 6.32. The zero-order chi connectivity index (χ0) is 22.6. The minimum absolute atomic E-state index is 1.19. The third-order valence-electron chi connectivity index (χ3n) is 6.80. The van der Waals surface area contributed by atoms with Gasteiger partial charge >= 0.3 is 0 Å². The fraction of sp³-hybridized carbons (Fsp3) is 0. The van der Waals surface area contributed by atoms with E-state index in [-0.39, 0.29) is 0 Å². The summed E-state index contributed by atoms with van der Waals surface area (Å²) in [6.45, 7) is 4.13. The number of rotatable bonds is 3. The van der Waals surface area contributed by atoms with Crippen molar-refractivity contribution in [2.75, 3.05) is 0 Å². The maximum Gasteiger partial charge on any atom is 0.0541 e. The predicted molar refractivity (Wildman–Crippen MR) is 150 cm³/mol. The van der Waals surface area contributed by atoms with Crippen LogP contribution in [-0.2, 0) is 0 Å². The monoisotopic (exact) mass is 451 g/mol. The van der Waals surface area contributed by atoms with Gasteiger partial charge in [-0.25, -0.2) is 0 Å². The van der Waals surface area contributed by atoms with Crippen LogP contribution in [0.2, 0.25) is 0 Å². The van der Waals surface area contributed by atoms with Gasteiger partial charge in [0.05, 0.1) is 11.0 Å². The lowest BCUT2D eigenvalue weighted by Crippen LogP contribution is -1.84. The molecular formula is C32H21NS. The third kappa shape index (κ3) is 2.79. The summed E-state index contributed by atoms with van der Waals surface area (Å²) < 4.78 is 4.87. The normalized spacial score (nSPS) is 11.6. The number of fused-ring (bicyclic) bond motifs is 7. The quantitative estimate of drug-likeness (QED) is 0.252. The Balaban J connectivity index is 1.62. The number of thiophene rings is 1. The number of hydrogen-bond donors (Lipinski definition) is 0. The molecule has 2 aromatic heterocycles. The minimum Gasteiger partial charge on any atom is -0.317 e. The van der Waals surface area contributed by atoms with Crippen LogP contribution in [0.4, 0.5) is 0 Å². The first-order chi connectivity index (χ1) is 16.8. The molecule has 5 aromatic carbocycles. The van der Waals surface area contributed by atoms with Gasteiger partial charge in [-0.05, 0) is 58.7 Å². The average Bonchev–Trinajstić information content (AvgIpc) is 3.43. The fourth-order valence-electron chi connectivity index (χ4n) is 5.22. The van der Waals surface area contributed by atoms with E-state index < -0.39 is 0 Å². The first-order valence-corrected chi connectivity index (χ1v) is 12.3. The third-order valence-corrected chi connectivity index (χ3v) is 7.93. The van der Waals surface area contributed by atoms with Crippen LogP contribution in [0.1, 0.15) is 0 Å². The van der Waals surface area contributed by atoms with Gasteiger partial charge in [0.2, 0.25) is 0 Å². The van der Waals surface area contributed by atoms with E-state index >= 15 is 0 Å². The maximum absolute atomic E-state index is 4.13. The molecule has 0 unspecified atom stereocenters. The molecule has 0 aliphatic rings. The van der Waals surface area contributed by atoms with Gasteiger partial charge in [-0.1, -0.05) is 79.4 Å². The van der Waals surface area contributed by atoms with Gasteiger partial charge in [-0.2, -0.15) is 0 Å². The second kappa shape index (κ2) is 7.44. The van der Waals surface area contributed by atoms with Crippen molar-refractivity contribution in [2.24, 2.45) is 0 Å². The number of nitrogens with zero attached hydrogens (tertiary/aromatic N) is 1. The Morgan fingerprint density at radius 3 is 1.79 bits per heavy atom. The Morgan fingerprint density at radius 1 is 0.529 bits per heavy atom. The molecule has 7 rings (SSSR count). The summed E-state index contributed by atoms with van der Waals surface area (Å²) in [6.07, 6.45) is 1.93. The summed E-state index contributed by atoms with van der Waals surface area (Å²) in [6, 6.07) is 39.4. The van der Waals surface area contributed by atoms with Crippen molar-refractivity contribution < 1.29 is 0 Å². The van der Waals surface area contributed by atoms with Crippen molar-refractivity contribution in [2.45, 2.75) is 0 Å². The zero-order valence-electron chi connectivity index (χ0n) is 18.5. The van der Waals surface area contributed by atoms with E-state index in [9.17, 15) is 0 Å². The van der Waals surface area contributed by atoms with Crippen molar-refractivity contribution >= 4 is 59.5 Å². The molecule has 7 aromatic rings. The maximum atomic E-state index is 4.13. The second-order valence-corrected chi connectivity index (χ2v) is 9.75. The van der Waals surface area contributed by atoms with E-state index in [1.807, 2.05) is 17.5 Å². The highest BCUT2D eigenvalue weighted by Crippen LogP contribution is 2.44. The molecule has 0 saturated carbocycles. The van der Waals surface area contributed by atoms with Crippen LogP contribution >= 0.6 is 11.3 Å². The highest BCUT2D eigenvalue weighted by molar-refractivity contribution is 7.26. The molecule has 0 amide bonds. The highest BCUT2D eigenvalue weighted by Gasteiger charge is 2.17. The molecule has 0 radical (unpaired) electrons. The van der Waals surface area contributed by atoms with Gasteiger partial charge in [0.1, 0.15) is 0 Å². The van der Waals surface area contributed by atoms with E-state index in [1.54, 1.807) is 0 Å². The molecule has 0 spiro atoms. The largest absolute Gasteiger partial charge is 0.317 e. The van der Waals surface area contributed by atoms with Gasteiger partial charge in [-0.3, -0.25) is 0 Å². The lowest BCUT2D eigenvalue weighted by Gasteiger charge is -2.04. The molecule has 2 heterocycles. The van der Waals surface area contributed by atoms with Gasteiger partial charge < -0.3 is 4.57 Å². The van der Waals surface area contributed by atoms with Gasteiger partial charge in [0.25, 0.3) is 0 Å². The van der Waals surface area contributed by atoms with Crippen molar-refractivity contribution in [3.05, 3.63) is 116 Å². The predicted octanol–water partition coefficient (Wildman–Crippen LogP) is 9.60. The lowest BCUT2D eigenvalue weighted by atomic mass is 9.99. The van der Waals surface area contributed by atoms with Crippen molar-refractivity contribution in [3.8, 4) is 22.3 Å². The molecule has 0 saturated heterocycles. The Morgan fingerprint density at radius 2 is 1.12 bits per heavy atom. The molecule has 34 heavy (non-hydrogen) atoms. The summed E-state index contributed by atoms with van der Waals surface area (Å²) in [7, 11) is 0. The van der Waals surface area contributed by atoms with Crippen LogP contribution in [0, 0.1) is 0 Å². The SMILES string of the molecule is C=Cn1c2ccc(-c3ccccc3)cc2c2c3c(ccc21)sc1ccc(-c2ccccc2)cc13. The van der Waals surface area contributed by atoms with E-state index in [0.29, 0.717) is 0 Å². The summed E-state index contributed by atoms with van der Waals surface area (Å²) >= 11 is 1.87. The van der Waals surface area contributed by atoms with Gasteiger partial charge in [0.15, 0.2) is 0 Å². The summed E-state index contributed by atoms with van der Waals surface area (Å²) in [4.78, 5) is 0. The minimum atomic E-state index is 1.19. The Labute approximate surface area is 201 Å². The van der Waals surface area contributed by atoms with Crippen LogP contribution < -0.4 is 0 Å². The lowest BCUT2D eigenvalue weighted by molar-refractivity contribution is 1.30. The van der Waals surface area contributed by atoms with E-state index in [0.717, 1.165) is 0 Å². The number of benzene rings is 5. The molecule has 160 valence electrons. The highest BCUT2D eigenvalue weighted by atomic mass is 32.1. The van der Waals surface area contributed by atoms with E-state index in [4.69, 9.17) is 0 Å². The van der Waals surface area contributed by atoms with Crippen molar-refractivity contribution in [1.82, 2.24) is 4.57 Å². The van der Waals surface area contributed by atoms with Gasteiger partial charge in [0, 0.05) is 37.1 Å². The Bertz CT molecular complexity index is 1850. The molecular weight excluding hydrogens is 430 g/mol. The molecule has 0 bridgehead atoms. The first kappa shape index (κ1) is 19.3. The first-order valence-electron chi connectivity index (χ1n) is 11.5. The van der Waals surface area contributed by atoms with Crippen LogP contribution in [-0.4, -0.2) is 4.57 Å². The van der Waals surface area contributed by atoms with Crippen molar-refractivity contribution in [1.29, 1.82) is 0 Å². The standard InChI is InChI=1S/C32H21NS/c1-2-33-27-15-13-23(21-9-5-3-6-10-21)19-25(27)31-28(33)16-18-30-32(31)26-20-24(14-17-29(26)34-30)22-11-7-4-8-12-22/h2-20H,1H2. The topological polar surface area (TPSA) is 4.93 Å². The van der Waals surface area contributed by atoms with E-state index in [2.05, 4.69) is 120 Å².